The van der Waals surface area contributed by atoms with Crippen molar-refractivity contribution in [3.8, 4) is 56.9 Å². The molecular weight excluding hydrogens is 586 g/mol. The van der Waals surface area contributed by atoms with E-state index in [1.807, 2.05) is 44.2 Å². The Morgan fingerprint density at radius 2 is 1.39 bits per heavy atom. The van der Waals surface area contributed by atoms with Crippen LogP contribution in [0, 0.1) is 13.8 Å². The molecule has 1 aromatic heterocycles. The molecule has 0 saturated heterocycles. The Labute approximate surface area is 267 Å². The highest BCUT2D eigenvalue weighted by atomic mass is 16.5. The maximum Gasteiger partial charge on any atom is 0.309 e. The van der Waals surface area contributed by atoms with Gasteiger partial charge in [-0.2, -0.15) is 9.78 Å². The van der Waals surface area contributed by atoms with Crippen LogP contribution in [-0.2, 0) is 4.79 Å². The number of carbonyl (C=O) groups is 2. The van der Waals surface area contributed by atoms with Crippen LogP contribution < -0.4 is 29.0 Å². The van der Waals surface area contributed by atoms with Gasteiger partial charge in [-0.1, -0.05) is 24.3 Å². The number of aryl methyl sites for hydroxylation is 2. The molecule has 0 aliphatic heterocycles. The van der Waals surface area contributed by atoms with Crippen LogP contribution >= 0.6 is 0 Å². The Bertz CT molecular complexity index is 1870. The highest BCUT2D eigenvalue weighted by molar-refractivity contribution is 6.04. The first-order valence-corrected chi connectivity index (χ1v) is 14.4. The van der Waals surface area contributed by atoms with Crippen molar-refractivity contribution in [1.82, 2.24) is 9.78 Å². The molecule has 4 aromatic carbocycles. The number of nitrogens with one attached hydrogen (secondary N) is 1. The van der Waals surface area contributed by atoms with Crippen molar-refractivity contribution in [3.05, 3.63) is 95.6 Å². The van der Waals surface area contributed by atoms with E-state index in [2.05, 4.69) is 5.32 Å². The second-order valence-electron chi connectivity index (χ2n) is 10.5. The summed E-state index contributed by atoms with van der Waals surface area (Å²) in [7, 11) is 6.19. The Kier molecular flexibility index (Phi) is 9.27. The highest BCUT2D eigenvalue weighted by Crippen LogP contribution is 2.46. The minimum atomic E-state index is -0.507. The average Bonchev–Trinajstić information content (AvgIpc) is 3.43. The van der Waals surface area contributed by atoms with Gasteiger partial charge in [-0.05, 0) is 85.1 Å². The van der Waals surface area contributed by atoms with E-state index in [9.17, 15) is 9.59 Å². The van der Waals surface area contributed by atoms with E-state index in [-0.39, 0.29) is 11.8 Å². The second-order valence-corrected chi connectivity index (χ2v) is 10.5. The molecule has 0 atom stereocenters. The van der Waals surface area contributed by atoms with Gasteiger partial charge in [0.1, 0.15) is 11.4 Å². The number of aromatic nitrogens is 2. The molecule has 5 aromatic rings. The van der Waals surface area contributed by atoms with Gasteiger partial charge in [-0.25, -0.2) is 0 Å². The fraction of sp³-hybridized carbons (Fsp3) is 0.194. The first-order chi connectivity index (χ1) is 22.2. The van der Waals surface area contributed by atoms with Gasteiger partial charge in [-0.15, -0.1) is 0 Å². The van der Waals surface area contributed by atoms with E-state index in [0.29, 0.717) is 56.6 Å². The number of rotatable bonds is 10. The molecule has 5 rings (SSSR count). The van der Waals surface area contributed by atoms with E-state index in [4.69, 9.17) is 28.8 Å². The number of benzene rings is 4. The third kappa shape index (κ3) is 6.37. The largest absolute Gasteiger partial charge is 0.497 e. The number of hydrogen-bond acceptors (Lipinski definition) is 8. The van der Waals surface area contributed by atoms with Gasteiger partial charge < -0.3 is 29.0 Å². The average molecular weight is 622 g/mol. The molecule has 0 bridgehead atoms. The first-order valence-electron chi connectivity index (χ1n) is 14.4. The molecule has 0 aliphatic carbocycles. The summed E-state index contributed by atoms with van der Waals surface area (Å²) < 4.78 is 29.6. The summed E-state index contributed by atoms with van der Waals surface area (Å²) in [6.45, 7) is 5.30. The molecule has 0 unspecified atom stereocenters. The van der Waals surface area contributed by atoms with Crippen LogP contribution in [0.4, 0.5) is 5.69 Å². The Balaban J connectivity index is 1.68. The topological polar surface area (TPSA) is 110 Å². The van der Waals surface area contributed by atoms with E-state index >= 15 is 0 Å². The summed E-state index contributed by atoms with van der Waals surface area (Å²) in [4.78, 5) is 25.5. The summed E-state index contributed by atoms with van der Waals surface area (Å²) in [6.07, 6.45) is 0. The standard InChI is InChI=1S/C36H35N3O7/c1-21-8-9-22(2)29(18-21)39-36(46-23(3)40)32(33(38-39)26-19-30(43-5)34(45-7)31(20-26)44-6)24-10-14-27(15-11-24)37-35(41)25-12-16-28(42-4)17-13-25/h8-20H,1-7H3,(H,37,41). The van der Waals surface area contributed by atoms with Gasteiger partial charge in [-0.3, -0.25) is 9.59 Å². The third-order valence-corrected chi connectivity index (χ3v) is 7.40. The van der Waals surface area contributed by atoms with E-state index in [1.54, 1.807) is 74.5 Å². The van der Waals surface area contributed by atoms with E-state index < -0.39 is 5.97 Å². The molecule has 10 nitrogen and oxygen atoms in total. The lowest BCUT2D eigenvalue weighted by Gasteiger charge is -2.14. The molecule has 0 spiro atoms. The van der Waals surface area contributed by atoms with Gasteiger partial charge in [0.05, 0.1) is 39.7 Å². The molecule has 0 saturated carbocycles. The SMILES string of the molecule is COc1ccc(C(=O)Nc2ccc(-c3c(-c4cc(OC)c(OC)c(OC)c4)nn(-c4cc(C)ccc4C)c3OC(C)=O)cc2)cc1. The first kappa shape index (κ1) is 31.6. The third-order valence-electron chi connectivity index (χ3n) is 7.40. The fourth-order valence-corrected chi connectivity index (χ4v) is 5.09. The van der Waals surface area contributed by atoms with Crippen molar-refractivity contribution >= 4 is 17.6 Å². The molecule has 1 heterocycles. The highest BCUT2D eigenvalue weighted by Gasteiger charge is 2.27. The van der Waals surface area contributed by atoms with Crippen LogP contribution in [0.1, 0.15) is 28.4 Å². The molecule has 0 radical (unpaired) electrons. The summed E-state index contributed by atoms with van der Waals surface area (Å²) in [5.41, 5.74) is 6.15. The van der Waals surface area contributed by atoms with Gasteiger partial charge in [0, 0.05) is 23.7 Å². The second kappa shape index (κ2) is 13.5. The molecule has 1 N–H and O–H groups in total. The molecule has 0 aliphatic rings. The smallest absolute Gasteiger partial charge is 0.309 e. The summed E-state index contributed by atoms with van der Waals surface area (Å²) in [5, 5.41) is 7.94. The molecule has 1 amide bonds. The molecule has 46 heavy (non-hydrogen) atoms. The van der Waals surface area contributed by atoms with Crippen molar-refractivity contribution in [2.75, 3.05) is 33.8 Å². The van der Waals surface area contributed by atoms with Crippen LogP contribution in [0.25, 0.3) is 28.1 Å². The number of nitrogens with zero attached hydrogens (tertiary/aromatic N) is 2. The zero-order valence-corrected chi connectivity index (χ0v) is 26.8. The van der Waals surface area contributed by atoms with Crippen molar-refractivity contribution in [1.29, 1.82) is 0 Å². The minimum Gasteiger partial charge on any atom is -0.497 e. The van der Waals surface area contributed by atoms with Gasteiger partial charge in [0.15, 0.2) is 11.5 Å². The lowest BCUT2D eigenvalue weighted by molar-refractivity contribution is -0.132. The lowest BCUT2D eigenvalue weighted by Crippen LogP contribution is -2.11. The summed E-state index contributed by atoms with van der Waals surface area (Å²) in [6, 6.07) is 23.6. The molecule has 10 heteroatoms. The van der Waals surface area contributed by atoms with Crippen molar-refractivity contribution in [2.45, 2.75) is 20.8 Å². The quantitative estimate of drug-likeness (QED) is 0.166. The van der Waals surface area contributed by atoms with E-state index in [1.165, 1.54) is 14.0 Å². The number of carbonyl (C=O) groups excluding carboxylic acids is 2. The number of amides is 1. The Morgan fingerprint density at radius 3 is 1.96 bits per heavy atom. The minimum absolute atomic E-state index is 0.236. The van der Waals surface area contributed by atoms with Crippen LogP contribution in [0.3, 0.4) is 0 Å². The summed E-state index contributed by atoms with van der Waals surface area (Å²) >= 11 is 0. The molecular formula is C36H35N3O7. The zero-order valence-electron chi connectivity index (χ0n) is 26.8. The molecule has 0 fully saturated rings. The number of esters is 1. The predicted molar refractivity (Wildman–Crippen MR) is 176 cm³/mol. The predicted octanol–water partition coefficient (Wildman–Crippen LogP) is 7.04. The monoisotopic (exact) mass is 621 g/mol. The van der Waals surface area contributed by atoms with Crippen molar-refractivity contribution in [3.63, 3.8) is 0 Å². The van der Waals surface area contributed by atoms with Crippen molar-refractivity contribution in [2.24, 2.45) is 0 Å². The van der Waals surface area contributed by atoms with Gasteiger partial charge >= 0.3 is 5.97 Å². The van der Waals surface area contributed by atoms with Gasteiger partial charge in [0.2, 0.25) is 11.6 Å². The number of anilines is 1. The maximum atomic E-state index is 12.9. The zero-order chi connectivity index (χ0) is 33.0. The lowest BCUT2D eigenvalue weighted by atomic mass is 10.00. The Hall–Kier alpha value is -5.77. The summed E-state index contributed by atoms with van der Waals surface area (Å²) in [5.74, 6) is 1.43. The van der Waals surface area contributed by atoms with Crippen LogP contribution in [0.2, 0.25) is 0 Å². The maximum absolute atomic E-state index is 12.9. The van der Waals surface area contributed by atoms with Crippen LogP contribution in [0.5, 0.6) is 28.9 Å². The van der Waals surface area contributed by atoms with E-state index in [0.717, 1.165) is 16.8 Å². The normalized spacial score (nSPS) is 10.7. The van der Waals surface area contributed by atoms with Gasteiger partial charge in [0.25, 0.3) is 5.91 Å². The number of hydrogen-bond donors (Lipinski definition) is 1. The Morgan fingerprint density at radius 1 is 0.739 bits per heavy atom. The fourth-order valence-electron chi connectivity index (χ4n) is 5.09. The van der Waals surface area contributed by atoms with Crippen molar-refractivity contribution < 1.29 is 33.3 Å². The number of methoxy groups -OCH3 is 4. The number of ether oxygens (including phenoxy) is 5. The van der Waals surface area contributed by atoms with Crippen LogP contribution in [-0.4, -0.2) is 50.1 Å². The van der Waals surface area contributed by atoms with Crippen LogP contribution in [0.15, 0.2) is 78.9 Å². The molecule has 236 valence electrons.